The third-order valence-corrected chi connectivity index (χ3v) is 6.43. The highest BCUT2D eigenvalue weighted by Crippen LogP contribution is 2.57. The van der Waals surface area contributed by atoms with Crippen LogP contribution in [0.25, 0.3) is 0 Å². The van der Waals surface area contributed by atoms with Crippen LogP contribution in [-0.2, 0) is 5.41 Å². The van der Waals surface area contributed by atoms with Crippen molar-refractivity contribution >= 4 is 5.78 Å². The van der Waals surface area contributed by atoms with Gasteiger partial charge < -0.3 is 5.11 Å². The monoisotopic (exact) mass is 300 g/mol. The van der Waals surface area contributed by atoms with Crippen molar-refractivity contribution < 1.29 is 9.90 Å². The Bertz CT molecular complexity index is 604. The molecule has 0 heterocycles. The third-order valence-electron chi connectivity index (χ3n) is 6.43. The number of hydrogen-bond donors (Lipinski definition) is 1. The molecule has 0 spiro atoms. The SMILES string of the molecule is CC(C)c1ccc2c(c1)C(=O)CC1C(C)(CO)CCCC21C. The molecule has 1 saturated carbocycles. The highest BCUT2D eigenvalue weighted by atomic mass is 16.3. The Morgan fingerprint density at radius 2 is 2.00 bits per heavy atom. The van der Waals surface area contributed by atoms with Gasteiger partial charge in [0.15, 0.2) is 5.78 Å². The topological polar surface area (TPSA) is 37.3 Å². The normalized spacial score (nSPS) is 34.5. The molecule has 120 valence electrons. The molecule has 22 heavy (non-hydrogen) atoms. The van der Waals surface area contributed by atoms with Crippen LogP contribution in [0.15, 0.2) is 18.2 Å². The van der Waals surface area contributed by atoms with Gasteiger partial charge in [-0.05, 0) is 52.7 Å². The fraction of sp³-hybridized carbons (Fsp3) is 0.650. The van der Waals surface area contributed by atoms with Crippen molar-refractivity contribution in [2.75, 3.05) is 6.61 Å². The lowest BCUT2D eigenvalue weighted by Crippen LogP contribution is -2.51. The van der Waals surface area contributed by atoms with Crippen molar-refractivity contribution in [3.63, 3.8) is 0 Å². The Labute approximate surface area is 133 Å². The van der Waals surface area contributed by atoms with Crippen molar-refractivity contribution in [3.05, 3.63) is 34.9 Å². The summed E-state index contributed by atoms with van der Waals surface area (Å²) in [5, 5.41) is 9.94. The third kappa shape index (κ3) is 2.15. The van der Waals surface area contributed by atoms with E-state index in [1.807, 2.05) is 0 Å². The summed E-state index contributed by atoms with van der Waals surface area (Å²) < 4.78 is 0. The largest absolute Gasteiger partial charge is 0.396 e. The lowest BCUT2D eigenvalue weighted by atomic mass is 9.50. The first kappa shape index (κ1) is 15.7. The van der Waals surface area contributed by atoms with Gasteiger partial charge in [-0.15, -0.1) is 0 Å². The molecule has 3 rings (SSSR count). The Hall–Kier alpha value is -1.15. The quantitative estimate of drug-likeness (QED) is 0.876. The molecule has 2 aliphatic rings. The number of carbonyl (C=O) groups is 1. The number of aliphatic hydroxyl groups excluding tert-OH is 1. The molecular weight excluding hydrogens is 272 g/mol. The molecule has 0 radical (unpaired) electrons. The van der Waals surface area contributed by atoms with Gasteiger partial charge in [-0.25, -0.2) is 0 Å². The summed E-state index contributed by atoms with van der Waals surface area (Å²) in [5.41, 5.74) is 3.30. The Morgan fingerprint density at radius 1 is 1.27 bits per heavy atom. The molecule has 2 nitrogen and oxygen atoms in total. The molecule has 1 aromatic carbocycles. The minimum absolute atomic E-state index is 0.0223. The molecule has 1 N–H and O–H groups in total. The predicted molar refractivity (Wildman–Crippen MR) is 89.4 cm³/mol. The van der Waals surface area contributed by atoms with Crippen LogP contribution in [0.2, 0.25) is 0 Å². The van der Waals surface area contributed by atoms with Gasteiger partial charge in [0.25, 0.3) is 0 Å². The summed E-state index contributed by atoms with van der Waals surface area (Å²) in [5.74, 6) is 0.961. The second-order valence-corrected chi connectivity index (χ2v) is 8.22. The Kier molecular flexibility index (Phi) is 3.71. The van der Waals surface area contributed by atoms with Crippen LogP contribution in [-0.4, -0.2) is 17.5 Å². The predicted octanol–water partition coefficient (Wildman–Crippen LogP) is 4.45. The number of benzene rings is 1. The Balaban J connectivity index is 2.14. The van der Waals surface area contributed by atoms with Crippen LogP contribution in [0.3, 0.4) is 0 Å². The average molecular weight is 300 g/mol. The molecule has 1 fully saturated rings. The smallest absolute Gasteiger partial charge is 0.163 e. The molecule has 0 saturated heterocycles. The first-order valence-corrected chi connectivity index (χ1v) is 8.60. The molecule has 0 amide bonds. The minimum atomic E-state index is -0.128. The van der Waals surface area contributed by atoms with Gasteiger partial charge in [0, 0.05) is 18.6 Å². The second-order valence-electron chi connectivity index (χ2n) is 8.22. The van der Waals surface area contributed by atoms with Crippen LogP contribution in [0.4, 0.5) is 0 Å². The van der Waals surface area contributed by atoms with Gasteiger partial charge in [0.05, 0.1) is 0 Å². The zero-order valence-corrected chi connectivity index (χ0v) is 14.3. The van der Waals surface area contributed by atoms with Crippen LogP contribution >= 0.6 is 0 Å². The molecule has 0 aromatic heterocycles. The standard InChI is InChI=1S/C20H28O2/c1-13(2)14-6-7-16-15(10-14)17(22)11-18-19(3,12-21)8-5-9-20(16,18)4/h6-7,10,13,18,21H,5,8-9,11-12H2,1-4H3. The van der Waals surface area contributed by atoms with Gasteiger partial charge in [-0.3, -0.25) is 4.79 Å². The van der Waals surface area contributed by atoms with E-state index < -0.39 is 0 Å². The van der Waals surface area contributed by atoms with Gasteiger partial charge in [-0.1, -0.05) is 46.2 Å². The van der Waals surface area contributed by atoms with Gasteiger partial charge >= 0.3 is 0 Å². The van der Waals surface area contributed by atoms with E-state index >= 15 is 0 Å². The fourth-order valence-corrected chi connectivity index (χ4v) is 4.91. The van der Waals surface area contributed by atoms with Crippen molar-refractivity contribution in [2.45, 2.75) is 64.7 Å². The van der Waals surface area contributed by atoms with E-state index in [1.54, 1.807) is 0 Å². The van der Waals surface area contributed by atoms with E-state index in [4.69, 9.17) is 0 Å². The maximum atomic E-state index is 12.8. The zero-order chi connectivity index (χ0) is 16.1. The lowest BCUT2D eigenvalue weighted by molar-refractivity contribution is -0.0141. The number of hydrogen-bond acceptors (Lipinski definition) is 2. The molecule has 2 heteroatoms. The molecule has 0 bridgehead atoms. The number of aliphatic hydroxyl groups is 1. The van der Waals surface area contributed by atoms with Crippen molar-refractivity contribution in [2.24, 2.45) is 11.3 Å². The van der Waals surface area contributed by atoms with E-state index in [1.165, 1.54) is 11.1 Å². The summed E-state index contributed by atoms with van der Waals surface area (Å²) in [6.45, 7) is 8.99. The van der Waals surface area contributed by atoms with Crippen molar-refractivity contribution in [3.8, 4) is 0 Å². The number of carbonyl (C=O) groups excluding carboxylic acids is 1. The van der Waals surface area contributed by atoms with Gasteiger partial charge in [0.1, 0.15) is 0 Å². The van der Waals surface area contributed by atoms with E-state index in [2.05, 4.69) is 45.9 Å². The number of rotatable bonds is 2. The van der Waals surface area contributed by atoms with E-state index in [0.29, 0.717) is 12.3 Å². The molecule has 3 atom stereocenters. The second kappa shape index (κ2) is 5.19. The van der Waals surface area contributed by atoms with E-state index in [0.717, 1.165) is 24.8 Å². The van der Waals surface area contributed by atoms with E-state index in [-0.39, 0.29) is 29.1 Å². The number of fused-ring (bicyclic) bond motifs is 3. The maximum absolute atomic E-state index is 12.8. The van der Waals surface area contributed by atoms with Gasteiger partial charge in [-0.2, -0.15) is 0 Å². The van der Waals surface area contributed by atoms with Crippen molar-refractivity contribution in [1.29, 1.82) is 0 Å². The number of Topliss-reactive ketones (excluding diaryl/α,β-unsaturated/α-hetero) is 1. The molecule has 3 unspecified atom stereocenters. The molecule has 0 aliphatic heterocycles. The van der Waals surface area contributed by atoms with Gasteiger partial charge in [0.2, 0.25) is 0 Å². The molecular formula is C20H28O2. The summed E-state index contributed by atoms with van der Waals surface area (Å²) >= 11 is 0. The number of ketones is 1. The highest BCUT2D eigenvalue weighted by Gasteiger charge is 2.53. The summed E-state index contributed by atoms with van der Waals surface area (Å²) in [4.78, 5) is 12.8. The zero-order valence-electron chi connectivity index (χ0n) is 14.3. The van der Waals surface area contributed by atoms with Crippen molar-refractivity contribution in [1.82, 2.24) is 0 Å². The first-order valence-electron chi connectivity index (χ1n) is 8.60. The van der Waals surface area contributed by atoms with Crippen LogP contribution < -0.4 is 0 Å². The average Bonchev–Trinajstić information content (AvgIpc) is 2.49. The first-order chi connectivity index (χ1) is 10.3. The summed E-state index contributed by atoms with van der Waals surface area (Å²) in [6, 6.07) is 6.50. The fourth-order valence-electron chi connectivity index (χ4n) is 4.91. The van der Waals surface area contributed by atoms with E-state index in [9.17, 15) is 9.90 Å². The Morgan fingerprint density at radius 3 is 2.64 bits per heavy atom. The highest BCUT2D eigenvalue weighted by molar-refractivity contribution is 5.99. The van der Waals surface area contributed by atoms with Crippen LogP contribution in [0, 0.1) is 11.3 Å². The summed E-state index contributed by atoms with van der Waals surface area (Å²) in [6.07, 6.45) is 3.86. The lowest BCUT2D eigenvalue weighted by Gasteiger charge is -2.54. The minimum Gasteiger partial charge on any atom is -0.396 e. The molecule has 1 aromatic rings. The maximum Gasteiger partial charge on any atom is 0.163 e. The van der Waals surface area contributed by atoms with Crippen LogP contribution in [0.1, 0.15) is 80.8 Å². The molecule has 2 aliphatic carbocycles. The summed E-state index contributed by atoms with van der Waals surface area (Å²) in [7, 11) is 0. The van der Waals surface area contributed by atoms with Crippen LogP contribution in [0.5, 0.6) is 0 Å².